The Labute approximate surface area is 216 Å². The second kappa shape index (κ2) is 12.7. The van der Waals surface area contributed by atoms with Crippen molar-refractivity contribution >= 4 is 17.7 Å². The Bertz CT molecular complexity index is 1090. The van der Waals surface area contributed by atoms with Gasteiger partial charge in [-0.3, -0.25) is 14.4 Å². The zero-order chi connectivity index (χ0) is 27.1. The van der Waals surface area contributed by atoms with Crippen LogP contribution in [-0.4, -0.2) is 101 Å². The normalized spacial score (nSPS) is 18.9. The summed E-state index contributed by atoms with van der Waals surface area (Å²) in [6, 6.07) is 11.7. The minimum atomic E-state index is -1.68. The topological polar surface area (TPSA) is 142 Å². The number of β-amino-alcohol motifs (C(OH)–C–C–N with tert-alkyl or cyclic N) is 1. The number of nitrogens with zero attached hydrogens (tertiary/aromatic N) is 2. The van der Waals surface area contributed by atoms with Gasteiger partial charge in [0.05, 0.1) is 12.1 Å². The molecule has 1 aliphatic rings. The quantitative estimate of drug-likeness (QED) is 0.303. The van der Waals surface area contributed by atoms with Crippen molar-refractivity contribution in [3.63, 3.8) is 0 Å². The van der Waals surface area contributed by atoms with Crippen LogP contribution >= 0.6 is 0 Å². The van der Waals surface area contributed by atoms with E-state index < -0.39 is 42.0 Å². The molecule has 0 aliphatic carbocycles. The van der Waals surface area contributed by atoms with E-state index in [0.29, 0.717) is 18.7 Å². The fraction of sp³-hybridized carbons (Fsp3) is 0.444. The predicted molar refractivity (Wildman–Crippen MR) is 138 cm³/mol. The first-order valence-corrected chi connectivity index (χ1v) is 12.3. The fourth-order valence-electron chi connectivity index (χ4n) is 4.39. The van der Waals surface area contributed by atoms with Gasteiger partial charge in [0, 0.05) is 37.2 Å². The Morgan fingerprint density at radius 3 is 2.49 bits per heavy atom. The monoisotopic (exact) mass is 512 g/mol. The fourth-order valence-corrected chi connectivity index (χ4v) is 4.39. The Morgan fingerprint density at radius 2 is 1.81 bits per heavy atom. The second-order valence-corrected chi connectivity index (χ2v) is 9.65. The highest BCUT2D eigenvalue weighted by atomic mass is 16.3. The average molecular weight is 513 g/mol. The molecule has 0 bridgehead atoms. The molecule has 0 radical (unpaired) electrons. The highest BCUT2D eigenvalue weighted by Crippen LogP contribution is 2.22. The van der Waals surface area contributed by atoms with Crippen LogP contribution in [0.5, 0.6) is 5.75 Å². The molecule has 1 heterocycles. The number of amides is 3. The third-order valence-electron chi connectivity index (χ3n) is 6.52. The molecule has 1 aliphatic heterocycles. The lowest BCUT2D eigenvalue weighted by Crippen LogP contribution is -2.56. The maximum absolute atomic E-state index is 13.4. The number of aromatic hydroxyl groups is 1. The summed E-state index contributed by atoms with van der Waals surface area (Å²) in [5, 5.41) is 36.9. The number of aliphatic hydroxyl groups is 2. The van der Waals surface area contributed by atoms with Crippen molar-refractivity contribution < 1.29 is 29.7 Å². The first-order chi connectivity index (χ1) is 17.6. The van der Waals surface area contributed by atoms with Gasteiger partial charge in [-0.2, -0.15) is 0 Å². The van der Waals surface area contributed by atoms with E-state index in [1.807, 2.05) is 49.3 Å². The molecule has 1 fully saturated rings. The van der Waals surface area contributed by atoms with Crippen LogP contribution in [0.1, 0.15) is 27.9 Å². The van der Waals surface area contributed by atoms with Crippen LogP contribution in [0, 0.1) is 6.92 Å². The summed E-state index contributed by atoms with van der Waals surface area (Å²) in [4.78, 5) is 42.4. The summed E-state index contributed by atoms with van der Waals surface area (Å²) < 4.78 is 0. The van der Waals surface area contributed by atoms with E-state index >= 15 is 0 Å². The molecule has 4 atom stereocenters. The van der Waals surface area contributed by atoms with Crippen LogP contribution in [0.3, 0.4) is 0 Å². The number of hydrogen-bond acceptors (Lipinski definition) is 7. The maximum atomic E-state index is 13.4. The van der Waals surface area contributed by atoms with Gasteiger partial charge in [-0.15, -0.1) is 0 Å². The standard InChI is InChI=1S/C27H36N4O6/c1-17-20(10-7-11-23(17)33)25(35)29-21(14-18-8-5-4-6-9-18)24(34)27(37)31-16-19(32)15-22(31)26(36)28-12-13-30(2)3/h4-11,19,21-22,24,32-34H,12-16H2,1-3H3,(H,28,36)(H,29,35). The molecule has 37 heavy (non-hydrogen) atoms. The molecular weight excluding hydrogens is 476 g/mol. The summed E-state index contributed by atoms with van der Waals surface area (Å²) in [6.45, 7) is 2.48. The molecule has 5 N–H and O–H groups in total. The number of likely N-dealkylation sites (N-methyl/N-ethyl adjacent to an activating group) is 1. The molecule has 10 nitrogen and oxygen atoms in total. The minimum absolute atomic E-state index is 0.0435. The molecule has 0 spiro atoms. The van der Waals surface area contributed by atoms with Gasteiger partial charge in [0.2, 0.25) is 5.91 Å². The number of phenolic OH excluding ortho intramolecular Hbond substituents is 1. The van der Waals surface area contributed by atoms with Crippen molar-refractivity contribution in [1.82, 2.24) is 20.4 Å². The van der Waals surface area contributed by atoms with Crippen LogP contribution in [0.4, 0.5) is 0 Å². The van der Waals surface area contributed by atoms with Crippen molar-refractivity contribution in [2.24, 2.45) is 0 Å². The lowest BCUT2D eigenvalue weighted by Gasteiger charge is -2.30. The molecular formula is C27H36N4O6. The number of carbonyl (C=O) groups is 3. The number of aliphatic hydroxyl groups excluding tert-OH is 2. The first-order valence-electron chi connectivity index (χ1n) is 12.3. The smallest absolute Gasteiger partial charge is 0.254 e. The highest BCUT2D eigenvalue weighted by molar-refractivity contribution is 5.97. The van der Waals surface area contributed by atoms with Crippen molar-refractivity contribution in [2.75, 3.05) is 33.7 Å². The van der Waals surface area contributed by atoms with E-state index in [1.54, 1.807) is 13.0 Å². The van der Waals surface area contributed by atoms with Gasteiger partial charge in [-0.05, 0) is 45.1 Å². The second-order valence-electron chi connectivity index (χ2n) is 9.65. The highest BCUT2D eigenvalue weighted by Gasteiger charge is 2.42. The van der Waals surface area contributed by atoms with Crippen LogP contribution in [0.15, 0.2) is 48.5 Å². The minimum Gasteiger partial charge on any atom is -0.508 e. The van der Waals surface area contributed by atoms with Gasteiger partial charge in [-0.1, -0.05) is 36.4 Å². The molecule has 2 aromatic carbocycles. The molecule has 4 unspecified atom stereocenters. The largest absolute Gasteiger partial charge is 0.508 e. The van der Waals surface area contributed by atoms with E-state index in [0.717, 1.165) is 5.56 Å². The summed E-state index contributed by atoms with van der Waals surface area (Å²) in [7, 11) is 3.74. The first kappa shape index (κ1) is 28.1. The van der Waals surface area contributed by atoms with E-state index in [-0.39, 0.29) is 30.7 Å². The molecule has 2 aromatic rings. The van der Waals surface area contributed by atoms with Gasteiger partial charge in [0.25, 0.3) is 11.8 Å². The van der Waals surface area contributed by atoms with Gasteiger partial charge < -0.3 is 35.8 Å². The third kappa shape index (κ3) is 7.28. The zero-order valence-corrected chi connectivity index (χ0v) is 21.4. The van der Waals surface area contributed by atoms with Crippen molar-refractivity contribution in [2.45, 2.75) is 44.1 Å². The predicted octanol–water partition coefficient (Wildman–Crippen LogP) is 0.0422. The van der Waals surface area contributed by atoms with Gasteiger partial charge in [0.15, 0.2) is 6.10 Å². The number of nitrogens with one attached hydrogen (secondary N) is 2. The van der Waals surface area contributed by atoms with Crippen LogP contribution in [0.25, 0.3) is 0 Å². The third-order valence-corrected chi connectivity index (χ3v) is 6.52. The number of hydrogen-bond donors (Lipinski definition) is 5. The molecule has 3 amide bonds. The number of carbonyl (C=O) groups excluding carboxylic acids is 3. The summed E-state index contributed by atoms with van der Waals surface area (Å²) >= 11 is 0. The Balaban J connectivity index is 1.81. The molecule has 0 saturated carbocycles. The van der Waals surface area contributed by atoms with E-state index in [9.17, 15) is 29.7 Å². The van der Waals surface area contributed by atoms with Crippen molar-refractivity contribution in [1.29, 1.82) is 0 Å². The van der Waals surface area contributed by atoms with Gasteiger partial charge in [0.1, 0.15) is 11.8 Å². The lowest BCUT2D eigenvalue weighted by atomic mass is 9.98. The average Bonchev–Trinajstić information content (AvgIpc) is 3.26. The number of rotatable bonds is 10. The molecule has 10 heteroatoms. The van der Waals surface area contributed by atoms with Crippen LogP contribution in [-0.2, 0) is 16.0 Å². The van der Waals surface area contributed by atoms with Crippen molar-refractivity contribution in [3.8, 4) is 5.75 Å². The van der Waals surface area contributed by atoms with Gasteiger partial charge >= 0.3 is 0 Å². The lowest BCUT2D eigenvalue weighted by molar-refractivity contribution is -0.146. The van der Waals surface area contributed by atoms with E-state index in [4.69, 9.17) is 0 Å². The zero-order valence-electron chi connectivity index (χ0n) is 21.4. The summed E-state index contributed by atoms with van der Waals surface area (Å²) in [5.74, 6) is -1.75. The van der Waals surface area contributed by atoms with Crippen molar-refractivity contribution in [3.05, 3.63) is 65.2 Å². The SMILES string of the molecule is Cc1c(O)cccc1C(=O)NC(Cc1ccccc1)C(O)C(=O)N1CC(O)CC1C(=O)NCCN(C)C. The Kier molecular flexibility index (Phi) is 9.62. The number of phenols is 1. The Hall–Kier alpha value is -3.47. The molecule has 200 valence electrons. The maximum Gasteiger partial charge on any atom is 0.254 e. The van der Waals surface area contributed by atoms with E-state index in [2.05, 4.69) is 10.6 Å². The number of likely N-dealkylation sites (tertiary alicyclic amines) is 1. The van der Waals surface area contributed by atoms with E-state index in [1.165, 1.54) is 17.0 Å². The molecule has 3 rings (SSSR count). The van der Waals surface area contributed by atoms with Gasteiger partial charge in [-0.25, -0.2) is 0 Å². The summed E-state index contributed by atoms with van der Waals surface area (Å²) in [6.07, 6.45) is -2.38. The summed E-state index contributed by atoms with van der Waals surface area (Å²) in [5.41, 5.74) is 1.37. The van der Waals surface area contributed by atoms with Crippen LogP contribution < -0.4 is 10.6 Å². The Morgan fingerprint density at radius 1 is 1.11 bits per heavy atom. The number of benzene rings is 2. The molecule has 1 saturated heterocycles. The molecule has 0 aromatic heterocycles. The van der Waals surface area contributed by atoms with Crippen LogP contribution in [0.2, 0.25) is 0 Å².